The molecule has 0 saturated carbocycles. The Hall–Kier alpha value is -1.36. The lowest BCUT2D eigenvalue weighted by atomic mass is 10.0. The van der Waals surface area contributed by atoms with Crippen molar-refractivity contribution >= 4 is 11.9 Å². The molecular formula is C8H12O5. The first-order valence-corrected chi connectivity index (χ1v) is 3.79. The molecule has 0 fully saturated rings. The second-order valence-electron chi connectivity index (χ2n) is 2.53. The molecule has 1 atom stereocenters. The van der Waals surface area contributed by atoms with Crippen LogP contribution < -0.4 is 0 Å². The van der Waals surface area contributed by atoms with Crippen molar-refractivity contribution in [3.63, 3.8) is 0 Å². The molecule has 5 nitrogen and oxygen atoms in total. The van der Waals surface area contributed by atoms with Crippen LogP contribution in [0.2, 0.25) is 0 Å². The molecule has 5 heteroatoms. The number of rotatable bonds is 4. The zero-order chi connectivity index (χ0) is 10.6. The topological polar surface area (TPSA) is 94.8 Å². The number of aliphatic hydroxyl groups excluding tert-OH is 1. The van der Waals surface area contributed by atoms with Crippen molar-refractivity contribution in [1.29, 1.82) is 0 Å². The molecule has 0 rings (SSSR count). The van der Waals surface area contributed by atoms with Gasteiger partial charge in [0.05, 0.1) is 11.7 Å². The van der Waals surface area contributed by atoms with Gasteiger partial charge in [-0.1, -0.05) is 6.92 Å². The molecule has 3 N–H and O–H groups in total. The Morgan fingerprint density at radius 1 is 1.23 bits per heavy atom. The first kappa shape index (κ1) is 11.6. The van der Waals surface area contributed by atoms with E-state index in [4.69, 9.17) is 15.3 Å². The number of carboxylic acids is 2. The third-order valence-corrected chi connectivity index (χ3v) is 1.59. The SMILES string of the molecule is CC/C(C(=O)O)=C(\C(=O)O)C(C)O. The second-order valence-corrected chi connectivity index (χ2v) is 2.53. The summed E-state index contributed by atoms with van der Waals surface area (Å²) in [5, 5.41) is 26.3. The summed E-state index contributed by atoms with van der Waals surface area (Å²) in [5.74, 6) is -2.70. The average molecular weight is 188 g/mol. The van der Waals surface area contributed by atoms with Gasteiger partial charge in [0, 0.05) is 5.57 Å². The van der Waals surface area contributed by atoms with Crippen LogP contribution in [-0.2, 0) is 9.59 Å². The minimum absolute atomic E-state index is 0.0713. The summed E-state index contributed by atoms with van der Waals surface area (Å²) in [4.78, 5) is 21.1. The van der Waals surface area contributed by atoms with Gasteiger partial charge in [-0.15, -0.1) is 0 Å². The molecular weight excluding hydrogens is 176 g/mol. The van der Waals surface area contributed by atoms with Gasteiger partial charge < -0.3 is 15.3 Å². The highest BCUT2D eigenvalue weighted by molar-refractivity contribution is 5.99. The van der Waals surface area contributed by atoms with Crippen molar-refractivity contribution in [3.8, 4) is 0 Å². The molecule has 0 amide bonds. The van der Waals surface area contributed by atoms with E-state index < -0.39 is 23.6 Å². The molecule has 0 aliphatic carbocycles. The maximum atomic E-state index is 10.6. The molecule has 0 aromatic rings. The molecule has 0 bridgehead atoms. The van der Waals surface area contributed by atoms with Gasteiger partial charge in [-0.05, 0) is 13.3 Å². The fraction of sp³-hybridized carbons (Fsp3) is 0.500. The van der Waals surface area contributed by atoms with Crippen LogP contribution in [-0.4, -0.2) is 33.4 Å². The number of hydrogen-bond donors (Lipinski definition) is 3. The molecule has 0 saturated heterocycles. The molecule has 0 aromatic heterocycles. The van der Waals surface area contributed by atoms with Crippen LogP contribution in [0.4, 0.5) is 0 Å². The highest BCUT2D eigenvalue weighted by atomic mass is 16.4. The van der Waals surface area contributed by atoms with Crippen LogP contribution in [0.5, 0.6) is 0 Å². The smallest absolute Gasteiger partial charge is 0.334 e. The molecule has 0 aliphatic rings. The van der Waals surface area contributed by atoms with Gasteiger partial charge in [0.15, 0.2) is 0 Å². The zero-order valence-corrected chi connectivity index (χ0v) is 7.44. The molecule has 1 unspecified atom stereocenters. The Kier molecular flexibility index (Phi) is 4.13. The van der Waals surface area contributed by atoms with E-state index in [0.717, 1.165) is 0 Å². The molecule has 74 valence electrons. The monoisotopic (exact) mass is 188 g/mol. The fourth-order valence-corrected chi connectivity index (χ4v) is 1.02. The quantitative estimate of drug-likeness (QED) is 0.549. The first-order chi connectivity index (χ1) is 5.91. The lowest BCUT2D eigenvalue weighted by Crippen LogP contribution is -2.20. The highest BCUT2D eigenvalue weighted by Gasteiger charge is 2.22. The van der Waals surface area contributed by atoms with Crippen molar-refractivity contribution in [2.45, 2.75) is 26.4 Å². The van der Waals surface area contributed by atoms with Crippen molar-refractivity contribution in [2.75, 3.05) is 0 Å². The average Bonchev–Trinajstić information content (AvgIpc) is 1.97. The lowest BCUT2D eigenvalue weighted by molar-refractivity contribution is -0.136. The highest BCUT2D eigenvalue weighted by Crippen LogP contribution is 2.13. The van der Waals surface area contributed by atoms with E-state index in [1.165, 1.54) is 13.8 Å². The second kappa shape index (κ2) is 4.61. The standard InChI is InChI=1S/C8H12O5/c1-3-5(7(10)11)6(4(2)9)8(12)13/h4,9H,3H2,1-2H3,(H,10,11)(H,12,13)/b6-5+. The van der Waals surface area contributed by atoms with Crippen molar-refractivity contribution in [2.24, 2.45) is 0 Å². The summed E-state index contributed by atoms with van der Waals surface area (Å²) in [6, 6.07) is 0. The molecule has 0 heterocycles. The summed E-state index contributed by atoms with van der Waals surface area (Å²) in [6.45, 7) is 2.75. The first-order valence-electron chi connectivity index (χ1n) is 3.79. The molecule has 0 aromatic carbocycles. The van der Waals surface area contributed by atoms with Crippen LogP contribution >= 0.6 is 0 Å². The Bertz CT molecular complexity index is 251. The Morgan fingerprint density at radius 3 is 1.77 bits per heavy atom. The molecule has 13 heavy (non-hydrogen) atoms. The van der Waals surface area contributed by atoms with Gasteiger partial charge >= 0.3 is 11.9 Å². The van der Waals surface area contributed by atoms with E-state index >= 15 is 0 Å². The van der Waals surface area contributed by atoms with Crippen LogP contribution in [0, 0.1) is 0 Å². The van der Waals surface area contributed by atoms with E-state index in [1.54, 1.807) is 0 Å². The largest absolute Gasteiger partial charge is 0.478 e. The Labute approximate surface area is 75.3 Å². The van der Waals surface area contributed by atoms with E-state index in [2.05, 4.69) is 0 Å². The van der Waals surface area contributed by atoms with Gasteiger partial charge in [0.25, 0.3) is 0 Å². The summed E-state index contributed by atoms with van der Waals surface area (Å²) < 4.78 is 0. The van der Waals surface area contributed by atoms with Gasteiger partial charge in [-0.2, -0.15) is 0 Å². The Balaban J connectivity index is 5.26. The van der Waals surface area contributed by atoms with E-state index in [1.807, 2.05) is 0 Å². The number of aliphatic hydroxyl groups is 1. The van der Waals surface area contributed by atoms with Gasteiger partial charge in [-0.3, -0.25) is 0 Å². The van der Waals surface area contributed by atoms with Crippen molar-refractivity contribution in [1.82, 2.24) is 0 Å². The third kappa shape index (κ3) is 2.87. The minimum Gasteiger partial charge on any atom is -0.478 e. The van der Waals surface area contributed by atoms with Gasteiger partial charge in [0.2, 0.25) is 0 Å². The Morgan fingerprint density at radius 2 is 1.69 bits per heavy atom. The van der Waals surface area contributed by atoms with Crippen LogP contribution in [0.25, 0.3) is 0 Å². The fourth-order valence-electron chi connectivity index (χ4n) is 1.02. The van der Waals surface area contributed by atoms with Crippen molar-refractivity contribution < 1.29 is 24.9 Å². The predicted molar refractivity (Wildman–Crippen MR) is 44.3 cm³/mol. The van der Waals surface area contributed by atoms with Crippen molar-refractivity contribution in [3.05, 3.63) is 11.1 Å². The summed E-state index contributed by atoms with van der Waals surface area (Å²) in [5.41, 5.74) is -0.711. The summed E-state index contributed by atoms with van der Waals surface area (Å²) in [7, 11) is 0. The number of hydrogen-bond acceptors (Lipinski definition) is 3. The maximum Gasteiger partial charge on any atom is 0.334 e. The predicted octanol–water partition coefficient (Wildman–Crippen LogP) is 0.243. The lowest BCUT2D eigenvalue weighted by Gasteiger charge is -2.09. The molecule has 0 aliphatic heterocycles. The molecule has 0 radical (unpaired) electrons. The number of carboxylic acid groups (broad SMARTS) is 2. The van der Waals surface area contributed by atoms with Crippen LogP contribution in [0.15, 0.2) is 11.1 Å². The normalized spacial score (nSPS) is 14.7. The van der Waals surface area contributed by atoms with E-state index in [9.17, 15) is 9.59 Å². The van der Waals surface area contributed by atoms with Gasteiger partial charge in [-0.25, -0.2) is 9.59 Å². The van der Waals surface area contributed by atoms with Crippen LogP contribution in [0.3, 0.4) is 0 Å². The number of carbonyl (C=O) groups is 2. The summed E-state index contributed by atoms with van der Waals surface area (Å²) in [6.07, 6.45) is -1.20. The van der Waals surface area contributed by atoms with E-state index in [0.29, 0.717) is 0 Å². The maximum absolute atomic E-state index is 10.6. The molecule has 0 spiro atoms. The number of aliphatic carboxylic acids is 2. The van der Waals surface area contributed by atoms with Crippen LogP contribution in [0.1, 0.15) is 20.3 Å². The zero-order valence-electron chi connectivity index (χ0n) is 7.44. The minimum atomic E-state index is -1.39. The third-order valence-electron chi connectivity index (χ3n) is 1.59. The summed E-state index contributed by atoms with van der Waals surface area (Å²) >= 11 is 0. The van der Waals surface area contributed by atoms with E-state index in [-0.39, 0.29) is 12.0 Å². The van der Waals surface area contributed by atoms with Gasteiger partial charge in [0.1, 0.15) is 0 Å².